The fraction of sp³-hybridized carbons (Fsp3) is 0.667. The Morgan fingerprint density at radius 1 is 1.24 bits per heavy atom. The summed E-state index contributed by atoms with van der Waals surface area (Å²) >= 11 is 0. The number of methoxy groups -OCH3 is 1. The number of carbonyl (C=O) groups is 1. The van der Waals surface area contributed by atoms with E-state index in [9.17, 15) is 4.79 Å². The number of hydrogen-bond acceptors (Lipinski definition) is 4. The fourth-order valence-electron chi connectivity index (χ4n) is 3.48. The van der Waals surface area contributed by atoms with Gasteiger partial charge in [-0.05, 0) is 38.0 Å². The Morgan fingerprint density at radius 3 is 2.56 bits per heavy atom. The molecule has 0 aromatic heterocycles. The summed E-state index contributed by atoms with van der Waals surface area (Å²) in [6.45, 7) is 6.32. The van der Waals surface area contributed by atoms with Crippen molar-refractivity contribution in [3.8, 4) is 12.3 Å². The van der Waals surface area contributed by atoms with E-state index in [2.05, 4.69) is 30.6 Å². The molecule has 2 aliphatic heterocycles. The van der Waals surface area contributed by atoms with Crippen LogP contribution in [0.15, 0.2) is 23.8 Å². The maximum absolute atomic E-state index is 11.2. The number of carbonyl (C=O) groups excluding carboxylic acids is 1. The number of hydrogen-bond donors (Lipinski definition) is 0. The van der Waals surface area contributed by atoms with E-state index in [4.69, 9.17) is 15.9 Å². The molecule has 0 bridgehead atoms. The molecule has 2 fully saturated rings. The van der Waals surface area contributed by atoms with Crippen molar-refractivity contribution >= 4 is 5.97 Å². The van der Waals surface area contributed by atoms with Crippen LogP contribution in [0.5, 0.6) is 0 Å². The lowest BCUT2D eigenvalue weighted by atomic mass is 9.84. The van der Waals surface area contributed by atoms with Crippen molar-refractivity contribution in [2.75, 3.05) is 7.11 Å². The molecule has 2 rings (SSSR count). The average molecular weight is 346 g/mol. The Labute approximate surface area is 151 Å². The quantitative estimate of drug-likeness (QED) is 0.334. The van der Waals surface area contributed by atoms with E-state index >= 15 is 0 Å². The highest BCUT2D eigenvalue weighted by Crippen LogP contribution is 2.43. The summed E-state index contributed by atoms with van der Waals surface area (Å²) in [5.41, 5.74) is 1.01. The topological polar surface area (TPSA) is 44.8 Å². The molecule has 0 aromatic carbocycles. The van der Waals surface area contributed by atoms with Crippen LogP contribution in [-0.2, 0) is 19.0 Å². The molecular weight excluding hydrogens is 316 g/mol. The molecule has 4 heteroatoms. The zero-order valence-electron chi connectivity index (χ0n) is 15.8. The summed E-state index contributed by atoms with van der Waals surface area (Å²) in [5, 5.41) is 0. The van der Waals surface area contributed by atoms with Gasteiger partial charge in [0.05, 0.1) is 13.2 Å². The number of rotatable bonds is 4. The van der Waals surface area contributed by atoms with Crippen molar-refractivity contribution in [1.29, 1.82) is 0 Å². The Bertz CT molecular complexity index is 567. The Morgan fingerprint density at radius 2 is 1.92 bits per heavy atom. The number of allylic oxidation sites excluding steroid dienone is 2. The molecule has 4 nitrogen and oxygen atoms in total. The number of ether oxygens (including phenoxy) is 3. The maximum Gasteiger partial charge on any atom is 0.330 e. The van der Waals surface area contributed by atoms with Crippen LogP contribution in [0.25, 0.3) is 0 Å². The van der Waals surface area contributed by atoms with E-state index in [0.717, 1.165) is 37.7 Å². The molecule has 2 saturated heterocycles. The SMILES string of the molecule is C#C[C@H]1O[C@]2(CC[C@H]1C)CC[C@H](C)[C@@H](C/C=C(C)/C=C/C(=O)OC)O2. The summed E-state index contributed by atoms with van der Waals surface area (Å²) in [6, 6.07) is 0. The third-order valence-electron chi connectivity index (χ3n) is 5.34. The summed E-state index contributed by atoms with van der Waals surface area (Å²) in [4.78, 5) is 11.2. The fourth-order valence-corrected chi connectivity index (χ4v) is 3.48. The molecule has 0 aromatic rings. The third-order valence-corrected chi connectivity index (χ3v) is 5.34. The van der Waals surface area contributed by atoms with Crippen molar-refractivity contribution in [3.63, 3.8) is 0 Å². The standard InChI is InChI=1S/C21H30O4/c1-6-18-16(3)11-13-21(24-18)14-12-17(4)19(25-21)9-7-15(2)8-10-20(22)23-5/h1,7-8,10,16-19H,9,11-14H2,2-5H3/b10-8+,15-7+/t16-,17+,18-,19-,21+/m1/s1. The van der Waals surface area contributed by atoms with E-state index < -0.39 is 5.79 Å². The van der Waals surface area contributed by atoms with E-state index in [-0.39, 0.29) is 18.2 Å². The molecule has 0 saturated carbocycles. The molecule has 138 valence electrons. The van der Waals surface area contributed by atoms with Crippen LogP contribution < -0.4 is 0 Å². The van der Waals surface area contributed by atoms with E-state index in [1.807, 2.05) is 6.92 Å². The molecule has 0 radical (unpaired) electrons. The second-order valence-corrected chi connectivity index (χ2v) is 7.34. The van der Waals surface area contributed by atoms with Gasteiger partial charge < -0.3 is 14.2 Å². The molecule has 2 aliphatic rings. The lowest BCUT2D eigenvalue weighted by molar-refractivity contribution is -0.321. The van der Waals surface area contributed by atoms with Crippen molar-refractivity contribution in [1.82, 2.24) is 0 Å². The predicted molar refractivity (Wildman–Crippen MR) is 97.6 cm³/mol. The van der Waals surface area contributed by atoms with Crippen LogP contribution in [0.3, 0.4) is 0 Å². The van der Waals surface area contributed by atoms with Crippen LogP contribution in [0.1, 0.15) is 52.9 Å². The first-order valence-electron chi connectivity index (χ1n) is 9.13. The number of terminal acetylenes is 1. The van der Waals surface area contributed by atoms with Crippen LogP contribution >= 0.6 is 0 Å². The minimum absolute atomic E-state index is 0.0991. The third kappa shape index (κ3) is 5.20. The first-order chi connectivity index (χ1) is 11.9. The molecule has 25 heavy (non-hydrogen) atoms. The number of esters is 1. The lowest BCUT2D eigenvalue weighted by Gasteiger charge is -2.48. The molecule has 0 N–H and O–H groups in total. The monoisotopic (exact) mass is 346 g/mol. The van der Waals surface area contributed by atoms with Crippen molar-refractivity contribution in [3.05, 3.63) is 23.8 Å². The van der Waals surface area contributed by atoms with Gasteiger partial charge >= 0.3 is 5.97 Å². The van der Waals surface area contributed by atoms with E-state index in [0.29, 0.717) is 11.8 Å². The summed E-state index contributed by atoms with van der Waals surface area (Å²) in [7, 11) is 1.37. The largest absolute Gasteiger partial charge is 0.466 e. The summed E-state index contributed by atoms with van der Waals surface area (Å²) in [6.07, 6.45) is 15.6. The second kappa shape index (κ2) is 8.69. The smallest absolute Gasteiger partial charge is 0.330 e. The predicted octanol–water partition coefficient (Wildman–Crippen LogP) is 4.01. The van der Waals surface area contributed by atoms with Crippen molar-refractivity contribution in [2.45, 2.75) is 70.9 Å². The molecule has 0 unspecified atom stereocenters. The molecule has 0 aliphatic carbocycles. The van der Waals surface area contributed by atoms with Gasteiger partial charge in [0.25, 0.3) is 0 Å². The van der Waals surface area contributed by atoms with Gasteiger partial charge in [0.1, 0.15) is 6.10 Å². The highest BCUT2D eigenvalue weighted by Gasteiger charge is 2.45. The Kier molecular flexibility index (Phi) is 6.87. The highest BCUT2D eigenvalue weighted by atomic mass is 16.7. The Hall–Kier alpha value is -1.57. The van der Waals surface area contributed by atoms with Crippen LogP contribution in [0.2, 0.25) is 0 Å². The summed E-state index contributed by atoms with van der Waals surface area (Å²) < 4.78 is 17.2. The first kappa shape index (κ1) is 19.8. The first-order valence-corrected chi connectivity index (χ1v) is 9.13. The minimum atomic E-state index is -0.523. The molecular formula is C21H30O4. The van der Waals surface area contributed by atoms with Gasteiger partial charge in [-0.1, -0.05) is 37.5 Å². The zero-order valence-corrected chi connectivity index (χ0v) is 15.8. The van der Waals surface area contributed by atoms with Crippen LogP contribution in [0, 0.1) is 24.2 Å². The normalized spacial score (nSPS) is 36.4. The maximum atomic E-state index is 11.2. The summed E-state index contributed by atoms with van der Waals surface area (Å²) in [5.74, 6) is 2.74. The molecule has 2 heterocycles. The minimum Gasteiger partial charge on any atom is -0.466 e. The molecule has 0 amide bonds. The zero-order chi connectivity index (χ0) is 18.4. The van der Waals surface area contributed by atoms with Gasteiger partial charge in [-0.25, -0.2) is 4.79 Å². The van der Waals surface area contributed by atoms with Crippen LogP contribution in [-0.4, -0.2) is 31.1 Å². The van der Waals surface area contributed by atoms with Gasteiger partial charge in [-0.2, -0.15) is 0 Å². The van der Waals surface area contributed by atoms with Gasteiger partial charge in [0, 0.05) is 18.9 Å². The van der Waals surface area contributed by atoms with Crippen molar-refractivity contribution < 1.29 is 19.0 Å². The van der Waals surface area contributed by atoms with Gasteiger partial charge in [-0.3, -0.25) is 0 Å². The van der Waals surface area contributed by atoms with Crippen LogP contribution in [0.4, 0.5) is 0 Å². The van der Waals surface area contributed by atoms with Gasteiger partial charge in [-0.15, -0.1) is 6.42 Å². The second-order valence-electron chi connectivity index (χ2n) is 7.34. The van der Waals surface area contributed by atoms with E-state index in [1.54, 1.807) is 6.08 Å². The van der Waals surface area contributed by atoms with Gasteiger partial charge in [0.15, 0.2) is 5.79 Å². The molecule has 5 atom stereocenters. The highest BCUT2D eigenvalue weighted by molar-refractivity contribution is 5.82. The average Bonchev–Trinajstić information content (AvgIpc) is 2.62. The van der Waals surface area contributed by atoms with Crippen molar-refractivity contribution in [2.24, 2.45) is 11.8 Å². The Balaban J connectivity index is 2.00. The molecule has 1 spiro atoms. The van der Waals surface area contributed by atoms with E-state index in [1.165, 1.54) is 13.2 Å². The van der Waals surface area contributed by atoms with Gasteiger partial charge in [0.2, 0.25) is 0 Å². The lowest BCUT2D eigenvalue weighted by Crippen LogP contribution is -2.51.